The Bertz CT molecular complexity index is 630. The van der Waals surface area contributed by atoms with Gasteiger partial charge < -0.3 is 9.47 Å². The number of sulfonamides is 1. The highest BCUT2D eigenvalue weighted by molar-refractivity contribution is 7.89. The molecule has 0 atom stereocenters. The molecule has 6 nitrogen and oxygen atoms in total. The molecule has 2 N–H and O–H groups in total. The summed E-state index contributed by atoms with van der Waals surface area (Å²) in [5.74, 6) is -0.144. The van der Waals surface area contributed by atoms with Gasteiger partial charge in [-0.15, -0.1) is 0 Å². The third-order valence-electron chi connectivity index (χ3n) is 4.06. The topological polar surface area (TPSA) is 85.4 Å². The Kier molecular flexibility index (Phi) is 4.43. The third kappa shape index (κ3) is 3.13. The molecule has 0 radical (unpaired) electrons. The molecule has 0 aromatic carbocycles. The van der Waals surface area contributed by atoms with Gasteiger partial charge in [0, 0.05) is 24.8 Å². The highest BCUT2D eigenvalue weighted by Gasteiger charge is 2.29. The molecule has 1 fully saturated rings. The number of rotatable bonds is 5. The molecule has 1 amide bonds. The first-order valence-corrected chi connectivity index (χ1v) is 8.86. The minimum atomic E-state index is -3.80. The molecule has 2 rings (SSSR count). The van der Waals surface area contributed by atoms with Crippen LogP contribution >= 0.6 is 0 Å². The predicted molar refractivity (Wildman–Crippen MR) is 80.5 cm³/mol. The van der Waals surface area contributed by atoms with Gasteiger partial charge in [0.25, 0.3) is 5.91 Å². The van der Waals surface area contributed by atoms with Gasteiger partial charge in [0.1, 0.15) is 10.6 Å². The zero-order valence-corrected chi connectivity index (χ0v) is 13.6. The number of aromatic nitrogens is 1. The van der Waals surface area contributed by atoms with Gasteiger partial charge in [0.05, 0.1) is 0 Å². The van der Waals surface area contributed by atoms with E-state index in [-0.39, 0.29) is 22.9 Å². The Morgan fingerprint density at radius 2 is 2.10 bits per heavy atom. The fraction of sp³-hybridized carbons (Fsp3) is 0.643. The van der Waals surface area contributed by atoms with E-state index >= 15 is 0 Å². The number of hydrogen-bond acceptors (Lipinski definition) is 3. The second-order valence-corrected chi connectivity index (χ2v) is 7.34. The standard InChI is InChI=1S/C14H23N3O3S/c1-4-16(10(2)3)14(18)13-8-12(21(15,19)20)9-17(13)11-6-5-7-11/h8-11H,4-7H2,1-3H3,(H2,15,19,20). The van der Waals surface area contributed by atoms with Crippen LogP contribution in [0.15, 0.2) is 17.2 Å². The molecule has 1 saturated carbocycles. The fourth-order valence-electron chi connectivity index (χ4n) is 2.64. The van der Waals surface area contributed by atoms with Gasteiger partial charge in [-0.05, 0) is 46.1 Å². The lowest BCUT2D eigenvalue weighted by Crippen LogP contribution is -2.38. The molecule has 0 unspecified atom stereocenters. The lowest BCUT2D eigenvalue weighted by atomic mass is 9.93. The van der Waals surface area contributed by atoms with Crippen LogP contribution in [0, 0.1) is 0 Å². The molecule has 1 aliphatic rings. The highest BCUT2D eigenvalue weighted by Crippen LogP contribution is 2.34. The second kappa shape index (κ2) is 5.81. The van der Waals surface area contributed by atoms with E-state index in [0.717, 1.165) is 19.3 Å². The average molecular weight is 313 g/mol. The maximum atomic E-state index is 12.7. The number of primary sulfonamides is 1. The van der Waals surface area contributed by atoms with Crippen molar-refractivity contribution in [2.24, 2.45) is 5.14 Å². The van der Waals surface area contributed by atoms with Crippen molar-refractivity contribution in [3.8, 4) is 0 Å². The van der Waals surface area contributed by atoms with E-state index in [1.807, 2.05) is 20.8 Å². The smallest absolute Gasteiger partial charge is 0.270 e. The summed E-state index contributed by atoms with van der Waals surface area (Å²) in [6.45, 7) is 6.38. The van der Waals surface area contributed by atoms with Crippen LogP contribution in [0.25, 0.3) is 0 Å². The molecule has 21 heavy (non-hydrogen) atoms. The summed E-state index contributed by atoms with van der Waals surface area (Å²) in [6.07, 6.45) is 4.53. The van der Waals surface area contributed by atoms with Crippen LogP contribution in [0.5, 0.6) is 0 Å². The minimum absolute atomic E-state index is 0.0116. The van der Waals surface area contributed by atoms with Gasteiger partial charge in [-0.3, -0.25) is 4.79 Å². The molecule has 1 heterocycles. The van der Waals surface area contributed by atoms with Crippen molar-refractivity contribution in [1.29, 1.82) is 0 Å². The van der Waals surface area contributed by atoms with Crippen molar-refractivity contribution in [2.75, 3.05) is 6.54 Å². The average Bonchev–Trinajstić information content (AvgIpc) is 2.71. The molecule has 0 spiro atoms. The van der Waals surface area contributed by atoms with E-state index in [2.05, 4.69) is 0 Å². The van der Waals surface area contributed by atoms with Crippen molar-refractivity contribution < 1.29 is 13.2 Å². The number of carbonyl (C=O) groups excluding carboxylic acids is 1. The monoisotopic (exact) mass is 313 g/mol. The summed E-state index contributed by atoms with van der Waals surface area (Å²) in [5.41, 5.74) is 0.416. The first-order chi connectivity index (χ1) is 9.75. The van der Waals surface area contributed by atoms with Crippen LogP contribution in [0.4, 0.5) is 0 Å². The normalized spacial score (nSPS) is 16.0. The summed E-state index contributed by atoms with van der Waals surface area (Å²) in [6, 6.07) is 1.66. The van der Waals surface area contributed by atoms with E-state index in [0.29, 0.717) is 12.2 Å². The third-order valence-corrected chi connectivity index (χ3v) is 4.94. The Balaban J connectivity index is 2.45. The van der Waals surface area contributed by atoms with Crippen LogP contribution in [0.3, 0.4) is 0 Å². The van der Waals surface area contributed by atoms with Gasteiger partial charge in [-0.1, -0.05) is 0 Å². The van der Waals surface area contributed by atoms with E-state index in [4.69, 9.17) is 5.14 Å². The molecular weight excluding hydrogens is 290 g/mol. The van der Waals surface area contributed by atoms with Crippen molar-refractivity contribution in [2.45, 2.75) is 57.0 Å². The van der Waals surface area contributed by atoms with E-state index in [1.54, 1.807) is 9.47 Å². The Labute approximate surface area is 126 Å². The summed E-state index contributed by atoms with van der Waals surface area (Å²) in [5, 5.41) is 5.20. The number of amides is 1. The van der Waals surface area contributed by atoms with Gasteiger partial charge in [0.2, 0.25) is 10.0 Å². The quantitative estimate of drug-likeness (QED) is 0.898. The Morgan fingerprint density at radius 3 is 2.48 bits per heavy atom. The summed E-state index contributed by atoms with van der Waals surface area (Å²) < 4.78 is 24.9. The van der Waals surface area contributed by atoms with E-state index in [1.165, 1.54) is 12.3 Å². The molecule has 118 valence electrons. The molecule has 1 aromatic rings. The molecule has 7 heteroatoms. The van der Waals surface area contributed by atoms with Crippen LogP contribution < -0.4 is 5.14 Å². The van der Waals surface area contributed by atoms with E-state index in [9.17, 15) is 13.2 Å². The number of nitrogens with two attached hydrogens (primary N) is 1. The molecular formula is C14H23N3O3S. The summed E-state index contributed by atoms with van der Waals surface area (Å²) >= 11 is 0. The van der Waals surface area contributed by atoms with E-state index < -0.39 is 10.0 Å². The maximum Gasteiger partial charge on any atom is 0.270 e. The van der Waals surface area contributed by atoms with Gasteiger partial charge in [0.15, 0.2) is 0 Å². The highest BCUT2D eigenvalue weighted by atomic mass is 32.2. The second-order valence-electron chi connectivity index (χ2n) is 5.78. The van der Waals surface area contributed by atoms with Crippen LogP contribution in [0.2, 0.25) is 0 Å². The first kappa shape index (κ1) is 16.0. The predicted octanol–water partition coefficient (Wildman–Crippen LogP) is 1.73. The zero-order valence-electron chi connectivity index (χ0n) is 12.7. The molecule has 0 saturated heterocycles. The van der Waals surface area contributed by atoms with Gasteiger partial charge in [-0.25, -0.2) is 13.6 Å². The SMILES string of the molecule is CCN(C(=O)c1cc(S(N)(=O)=O)cn1C1CCC1)C(C)C. The first-order valence-electron chi connectivity index (χ1n) is 7.31. The van der Waals surface area contributed by atoms with Gasteiger partial charge in [-0.2, -0.15) is 0 Å². The molecule has 1 aromatic heterocycles. The fourth-order valence-corrected chi connectivity index (χ4v) is 3.17. The molecule has 0 bridgehead atoms. The van der Waals surface area contributed by atoms with Crippen LogP contribution in [-0.2, 0) is 10.0 Å². The largest absolute Gasteiger partial charge is 0.339 e. The maximum absolute atomic E-state index is 12.7. The number of nitrogens with zero attached hydrogens (tertiary/aromatic N) is 2. The van der Waals surface area contributed by atoms with Gasteiger partial charge >= 0.3 is 0 Å². The Hall–Kier alpha value is -1.34. The molecule has 1 aliphatic carbocycles. The van der Waals surface area contributed by atoms with Crippen LogP contribution in [-0.4, -0.2) is 36.4 Å². The molecule has 0 aliphatic heterocycles. The van der Waals surface area contributed by atoms with Crippen molar-refractivity contribution in [1.82, 2.24) is 9.47 Å². The van der Waals surface area contributed by atoms with Crippen LogP contribution in [0.1, 0.15) is 56.6 Å². The number of carbonyl (C=O) groups is 1. The van der Waals surface area contributed by atoms with Crippen molar-refractivity contribution >= 4 is 15.9 Å². The minimum Gasteiger partial charge on any atom is -0.339 e. The lowest BCUT2D eigenvalue weighted by Gasteiger charge is -2.31. The van der Waals surface area contributed by atoms with Crippen molar-refractivity contribution in [3.05, 3.63) is 18.0 Å². The zero-order chi connectivity index (χ0) is 15.8. The lowest BCUT2D eigenvalue weighted by molar-refractivity contribution is 0.0699. The number of hydrogen-bond donors (Lipinski definition) is 1. The van der Waals surface area contributed by atoms with Crippen molar-refractivity contribution in [3.63, 3.8) is 0 Å². The Morgan fingerprint density at radius 1 is 1.48 bits per heavy atom. The summed E-state index contributed by atoms with van der Waals surface area (Å²) in [4.78, 5) is 14.4. The summed E-state index contributed by atoms with van der Waals surface area (Å²) in [7, 11) is -3.80.